The van der Waals surface area contributed by atoms with E-state index in [4.69, 9.17) is 4.74 Å². The first-order valence-corrected chi connectivity index (χ1v) is 14.5. The molecule has 1 N–H and O–H groups in total. The van der Waals surface area contributed by atoms with E-state index < -0.39 is 17.4 Å². The Labute approximate surface area is 250 Å². The number of aromatic nitrogens is 8. The van der Waals surface area contributed by atoms with Crippen molar-refractivity contribution in [1.82, 2.24) is 44.4 Å². The lowest BCUT2D eigenvalue weighted by atomic mass is 9.69. The molecule has 0 amide bonds. The van der Waals surface area contributed by atoms with E-state index in [1.807, 2.05) is 23.1 Å². The van der Waals surface area contributed by atoms with Crippen molar-refractivity contribution in [2.75, 3.05) is 13.1 Å². The van der Waals surface area contributed by atoms with Gasteiger partial charge in [0.05, 0.1) is 36.5 Å². The molecule has 1 saturated heterocycles. The van der Waals surface area contributed by atoms with Gasteiger partial charge < -0.3 is 9.72 Å². The van der Waals surface area contributed by atoms with Gasteiger partial charge in [0.1, 0.15) is 23.8 Å². The molecule has 5 aromatic rings. The van der Waals surface area contributed by atoms with Crippen molar-refractivity contribution in [3.8, 4) is 23.2 Å². The van der Waals surface area contributed by atoms with Gasteiger partial charge in [-0.15, -0.1) is 0 Å². The number of piperidine rings is 1. The van der Waals surface area contributed by atoms with E-state index in [0.29, 0.717) is 24.8 Å². The number of nitriles is 1. The Balaban J connectivity index is 0.994. The molecule has 0 radical (unpaired) electrons. The second-order valence-electron chi connectivity index (χ2n) is 11.5. The van der Waals surface area contributed by atoms with Crippen LogP contribution in [0, 0.1) is 11.3 Å². The summed E-state index contributed by atoms with van der Waals surface area (Å²) >= 11 is 0. The highest BCUT2D eigenvalue weighted by atomic mass is 19.4. The summed E-state index contributed by atoms with van der Waals surface area (Å²) in [6.07, 6.45) is 8.78. The van der Waals surface area contributed by atoms with E-state index in [0.717, 1.165) is 54.3 Å². The molecule has 1 aliphatic heterocycles. The highest BCUT2D eigenvalue weighted by Crippen LogP contribution is 2.45. The van der Waals surface area contributed by atoms with Crippen LogP contribution in [0.2, 0.25) is 0 Å². The van der Waals surface area contributed by atoms with Crippen molar-refractivity contribution >= 4 is 11.0 Å². The van der Waals surface area contributed by atoms with Gasteiger partial charge in [-0.25, -0.2) is 15.0 Å². The Morgan fingerprint density at radius 2 is 1.98 bits per heavy atom. The zero-order chi connectivity index (χ0) is 30.3. The van der Waals surface area contributed by atoms with Crippen molar-refractivity contribution in [1.29, 1.82) is 5.26 Å². The molecule has 6 heterocycles. The van der Waals surface area contributed by atoms with E-state index in [1.54, 1.807) is 35.4 Å². The summed E-state index contributed by atoms with van der Waals surface area (Å²) in [5.74, 6) is -0.0211. The monoisotopic (exact) mass is 602 g/mol. The van der Waals surface area contributed by atoms with Crippen LogP contribution in [0.15, 0.2) is 61.6 Å². The van der Waals surface area contributed by atoms with Gasteiger partial charge in [-0.05, 0) is 49.4 Å². The summed E-state index contributed by atoms with van der Waals surface area (Å²) in [6, 6.07) is 8.88. The molecule has 1 saturated carbocycles. The van der Waals surface area contributed by atoms with Gasteiger partial charge in [0.15, 0.2) is 0 Å². The smallest absolute Gasteiger partial charge is 0.433 e. The molecule has 44 heavy (non-hydrogen) atoms. The molecular weight excluding hydrogens is 573 g/mol. The fourth-order valence-corrected chi connectivity index (χ4v) is 6.41. The van der Waals surface area contributed by atoms with Crippen LogP contribution in [0.1, 0.15) is 43.4 Å². The number of likely N-dealkylation sites (tertiary alicyclic amines) is 1. The maximum absolute atomic E-state index is 13.6. The molecule has 0 aromatic carbocycles. The predicted molar refractivity (Wildman–Crippen MR) is 152 cm³/mol. The zero-order valence-electron chi connectivity index (χ0n) is 23.7. The number of alkyl halides is 3. The van der Waals surface area contributed by atoms with Crippen LogP contribution in [0.5, 0.6) is 5.88 Å². The minimum absolute atomic E-state index is 0.0211. The third-order valence-electron chi connectivity index (χ3n) is 8.67. The largest absolute Gasteiger partial charge is 0.474 e. The van der Waals surface area contributed by atoms with Gasteiger partial charge in [-0.2, -0.15) is 28.6 Å². The first-order chi connectivity index (χ1) is 21.3. The van der Waals surface area contributed by atoms with Crippen LogP contribution in [0.25, 0.3) is 22.3 Å². The fraction of sp³-hybridized carbons (Fsp3) is 0.400. The number of hydrogen-bond acceptors (Lipinski definition) is 8. The summed E-state index contributed by atoms with van der Waals surface area (Å²) < 4.78 is 50.2. The van der Waals surface area contributed by atoms with Crippen molar-refractivity contribution in [2.45, 2.75) is 62.5 Å². The Bertz CT molecular complexity index is 1790. The summed E-state index contributed by atoms with van der Waals surface area (Å²) in [6.45, 7) is 1.68. The zero-order valence-corrected chi connectivity index (χ0v) is 23.7. The quantitative estimate of drug-likeness (QED) is 0.269. The van der Waals surface area contributed by atoms with Crippen molar-refractivity contribution in [3.63, 3.8) is 0 Å². The molecule has 2 fully saturated rings. The third kappa shape index (κ3) is 5.39. The van der Waals surface area contributed by atoms with E-state index in [1.165, 1.54) is 6.33 Å². The number of nitrogens with zero attached hydrogens (tertiary/aromatic N) is 9. The van der Waals surface area contributed by atoms with Crippen LogP contribution >= 0.6 is 0 Å². The van der Waals surface area contributed by atoms with Gasteiger partial charge >= 0.3 is 6.18 Å². The minimum Gasteiger partial charge on any atom is -0.474 e. The highest BCUT2D eigenvalue weighted by molar-refractivity contribution is 5.90. The molecule has 0 spiro atoms. The second kappa shape index (κ2) is 11.1. The number of ether oxygens (including phenoxy) is 1. The molecule has 11 nitrogen and oxygen atoms in total. The molecule has 7 rings (SSSR count). The fourth-order valence-electron chi connectivity index (χ4n) is 6.41. The SMILES string of the molecule is N#CC[C@]1(n2cc(-c3ncnc4[nH]ccc34)cn2)C[C@H](N2CCC(Oc3cc(Cn4cccn4)cc(C(F)(F)F)n3)CC2)C1. The number of H-pyrrole nitrogens is 1. The Morgan fingerprint density at radius 1 is 1.14 bits per heavy atom. The van der Waals surface area contributed by atoms with E-state index in [2.05, 4.69) is 41.1 Å². The molecule has 14 heteroatoms. The minimum atomic E-state index is -4.58. The van der Waals surface area contributed by atoms with Gasteiger partial charge in [0, 0.05) is 60.9 Å². The molecule has 0 atom stereocenters. The molecule has 226 valence electrons. The van der Waals surface area contributed by atoms with Gasteiger partial charge in [-0.1, -0.05) is 0 Å². The number of fused-ring (bicyclic) bond motifs is 1. The Morgan fingerprint density at radius 3 is 2.73 bits per heavy atom. The Hall–Kier alpha value is -4.77. The van der Waals surface area contributed by atoms with Crippen LogP contribution in [0.3, 0.4) is 0 Å². The van der Waals surface area contributed by atoms with Crippen molar-refractivity contribution in [3.05, 3.63) is 72.8 Å². The van der Waals surface area contributed by atoms with E-state index in [9.17, 15) is 18.4 Å². The Kier molecular flexibility index (Phi) is 7.04. The molecule has 0 unspecified atom stereocenters. The van der Waals surface area contributed by atoms with Crippen LogP contribution in [0.4, 0.5) is 13.2 Å². The van der Waals surface area contributed by atoms with Crippen LogP contribution in [-0.4, -0.2) is 69.6 Å². The van der Waals surface area contributed by atoms with Crippen LogP contribution < -0.4 is 4.74 Å². The maximum Gasteiger partial charge on any atom is 0.433 e. The van der Waals surface area contributed by atoms with Crippen molar-refractivity contribution < 1.29 is 17.9 Å². The summed E-state index contributed by atoms with van der Waals surface area (Å²) in [4.78, 5) is 18.0. The van der Waals surface area contributed by atoms with Gasteiger partial charge in [0.25, 0.3) is 0 Å². The number of rotatable bonds is 8. The summed E-state index contributed by atoms with van der Waals surface area (Å²) in [5.41, 5.74) is 1.46. The first-order valence-electron chi connectivity index (χ1n) is 14.5. The van der Waals surface area contributed by atoms with Gasteiger partial charge in [0.2, 0.25) is 5.88 Å². The average Bonchev–Trinajstić information content (AvgIpc) is 3.77. The lowest BCUT2D eigenvalue weighted by Gasteiger charge is -2.52. The summed E-state index contributed by atoms with van der Waals surface area (Å²) in [7, 11) is 0. The van der Waals surface area contributed by atoms with E-state index >= 15 is 0 Å². The normalized spacial score (nSPS) is 21.3. The van der Waals surface area contributed by atoms with Gasteiger partial charge in [-0.3, -0.25) is 14.3 Å². The lowest BCUT2D eigenvalue weighted by Crippen LogP contribution is -2.58. The van der Waals surface area contributed by atoms with Crippen LogP contribution in [-0.2, 0) is 18.3 Å². The molecular formula is C30H29F3N10O. The maximum atomic E-state index is 13.6. The third-order valence-corrected chi connectivity index (χ3v) is 8.67. The summed E-state index contributed by atoms with van der Waals surface area (Å²) in [5, 5.41) is 19.3. The standard InChI is InChI=1S/C30H29F3N10O/c31-30(32,33)25-12-20(17-42-9-1-7-38-42)13-26(40-25)44-23-3-10-41(11-4-23)22-14-29(15-22,5-6-34)43-18-21(16-39-43)27-24-2-8-35-28(24)37-19-36-27/h1-2,7-9,12-13,16,18-19,22-23H,3-5,10-11,14-15,17H2,(H,35,36,37)/t22-,29-. The number of pyridine rings is 1. The number of aromatic amines is 1. The molecule has 2 aliphatic rings. The molecule has 0 bridgehead atoms. The second-order valence-corrected chi connectivity index (χ2v) is 11.5. The topological polar surface area (TPSA) is 126 Å². The predicted octanol–water partition coefficient (Wildman–Crippen LogP) is 4.79. The highest BCUT2D eigenvalue weighted by Gasteiger charge is 2.49. The first kappa shape index (κ1) is 28.0. The lowest BCUT2D eigenvalue weighted by molar-refractivity contribution is -0.141. The number of nitrogens with one attached hydrogen (secondary N) is 1. The van der Waals surface area contributed by atoms with Crippen molar-refractivity contribution in [2.24, 2.45) is 0 Å². The average molecular weight is 603 g/mol. The molecule has 1 aliphatic carbocycles. The molecule has 5 aromatic heterocycles. The van der Waals surface area contributed by atoms with E-state index in [-0.39, 0.29) is 24.6 Å². The number of halogens is 3. The number of hydrogen-bond donors (Lipinski definition) is 1.